The Morgan fingerprint density at radius 2 is 1.68 bits per heavy atom. The van der Waals surface area contributed by atoms with Crippen LogP contribution < -0.4 is 15.2 Å². The van der Waals surface area contributed by atoms with Gasteiger partial charge >= 0.3 is 0 Å². The van der Waals surface area contributed by atoms with Gasteiger partial charge in [0.25, 0.3) is 0 Å². The van der Waals surface area contributed by atoms with E-state index in [-0.39, 0.29) is 0 Å². The topological polar surface area (TPSA) is 44.5 Å². The first-order valence-electron chi connectivity index (χ1n) is 6.22. The van der Waals surface area contributed by atoms with Gasteiger partial charge in [0.2, 0.25) is 0 Å². The molecule has 2 rings (SSSR count). The van der Waals surface area contributed by atoms with Gasteiger partial charge in [-0.15, -0.1) is 0 Å². The highest BCUT2D eigenvalue weighted by Crippen LogP contribution is 2.26. The predicted octanol–water partition coefficient (Wildman–Crippen LogP) is 3.47. The summed E-state index contributed by atoms with van der Waals surface area (Å²) in [6.45, 7) is 4.71. The number of methoxy groups -OCH3 is 1. The summed E-state index contributed by atoms with van der Waals surface area (Å²) in [4.78, 5) is 0. The quantitative estimate of drug-likeness (QED) is 0.853. The average molecular weight is 257 g/mol. The third kappa shape index (κ3) is 3.41. The molecule has 0 amide bonds. The molecule has 0 saturated carbocycles. The van der Waals surface area contributed by atoms with Crippen molar-refractivity contribution >= 4 is 5.69 Å². The Hall–Kier alpha value is -2.16. The molecule has 0 radical (unpaired) electrons. The minimum absolute atomic E-state index is 0.536. The second kappa shape index (κ2) is 5.65. The van der Waals surface area contributed by atoms with Crippen molar-refractivity contribution in [3.63, 3.8) is 0 Å². The predicted molar refractivity (Wildman–Crippen MR) is 77.7 cm³/mol. The van der Waals surface area contributed by atoms with Crippen molar-refractivity contribution in [1.29, 1.82) is 0 Å². The van der Waals surface area contributed by atoms with E-state index in [9.17, 15) is 0 Å². The molecule has 0 fully saturated rings. The van der Waals surface area contributed by atoms with E-state index in [4.69, 9.17) is 15.2 Å². The van der Waals surface area contributed by atoms with Crippen LogP contribution in [0.2, 0.25) is 0 Å². The first kappa shape index (κ1) is 13.3. The fraction of sp³-hybridized carbons (Fsp3) is 0.250. The summed E-state index contributed by atoms with van der Waals surface area (Å²) in [6, 6.07) is 11.8. The van der Waals surface area contributed by atoms with Gasteiger partial charge in [-0.2, -0.15) is 0 Å². The van der Waals surface area contributed by atoms with Gasteiger partial charge in [-0.05, 0) is 31.5 Å². The maximum absolute atomic E-state index is 5.84. The van der Waals surface area contributed by atoms with Crippen LogP contribution in [-0.2, 0) is 6.61 Å². The highest BCUT2D eigenvalue weighted by Gasteiger charge is 2.02. The molecule has 100 valence electrons. The normalized spacial score (nSPS) is 10.3. The second-order valence-corrected chi connectivity index (χ2v) is 4.69. The van der Waals surface area contributed by atoms with E-state index in [1.807, 2.05) is 12.1 Å². The molecule has 0 spiro atoms. The summed E-state index contributed by atoms with van der Waals surface area (Å²) in [5, 5.41) is 0. The standard InChI is InChI=1S/C16H19NO2/c1-11-6-12(2)8-13(7-11)10-19-14-4-5-16(18-3)15(17)9-14/h4-9H,10,17H2,1-3H3. The Bertz CT molecular complexity index is 559. The Kier molecular flexibility index (Phi) is 3.95. The molecule has 19 heavy (non-hydrogen) atoms. The molecule has 0 unspecified atom stereocenters. The largest absolute Gasteiger partial charge is 0.495 e. The number of rotatable bonds is 4. The molecular weight excluding hydrogens is 238 g/mol. The maximum Gasteiger partial charge on any atom is 0.142 e. The molecule has 3 nitrogen and oxygen atoms in total. The molecule has 0 saturated heterocycles. The summed E-state index contributed by atoms with van der Waals surface area (Å²) in [5.74, 6) is 1.41. The van der Waals surface area contributed by atoms with Crippen LogP contribution in [0.15, 0.2) is 36.4 Å². The van der Waals surface area contributed by atoms with E-state index in [1.54, 1.807) is 13.2 Å². The molecule has 0 aliphatic carbocycles. The second-order valence-electron chi connectivity index (χ2n) is 4.69. The zero-order valence-corrected chi connectivity index (χ0v) is 11.6. The number of nitrogen functional groups attached to an aromatic ring is 1. The monoisotopic (exact) mass is 257 g/mol. The summed E-state index contributed by atoms with van der Waals surface area (Å²) >= 11 is 0. The Morgan fingerprint density at radius 3 is 2.26 bits per heavy atom. The van der Waals surface area contributed by atoms with Crippen LogP contribution in [0, 0.1) is 13.8 Å². The SMILES string of the molecule is COc1ccc(OCc2cc(C)cc(C)c2)cc1N. The lowest BCUT2D eigenvalue weighted by Crippen LogP contribution is -1.98. The summed E-state index contributed by atoms with van der Waals surface area (Å²) in [5.41, 5.74) is 10.1. The van der Waals surface area contributed by atoms with Gasteiger partial charge in [-0.25, -0.2) is 0 Å². The highest BCUT2D eigenvalue weighted by molar-refractivity contribution is 5.56. The highest BCUT2D eigenvalue weighted by atomic mass is 16.5. The number of aryl methyl sites for hydroxylation is 2. The third-order valence-corrected chi connectivity index (χ3v) is 2.89. The maximum atomic E-state index is 5.84. The van der Waals surface area contributed by atoms with Gasteiger partial charge in [0.15, 0.2) is 0 Å². The Morgan fingerprint density at radius 1 is 1.00 bits per heavy atom. The van der Waals surface area contributed by atoms with Gasteiger partial charge in [0.05, 0.1) is 12.8 Å². The fourth-order valence-electron chi connectivity index (χ4n) is 2.12. The van der Waals surface area contributed by atoms with Crippen LogP contribution in [0.25, 0.3) is 0 Å². The first-order chi connectivity index (χ1) is 9.08. The molecule has 0 atom stereocenters. The van der Waals surface area contributed by atoms with Gasteiger partial charge in [0, 0.05) is 6.07 Å². The smallest absolute Gasteiger partial charge is 0.142 e. The molecule has 0 aliphatic heterocycles. The lowest BCUT2D eigenvalue weighted by molar-refractivity contribution is 0.305. The zero-order chi connectivity index (χ0) is 13.8. The number of hydrogen-bond donors (Lipinski definition) is 1. The van der Waals surface area contributed by atoms with Crippen molar-refractivity contribution in [2.75, 3.05) is 12.8 Å². The van der Waals surface area contributed by atoms with Gasteiger partial charge in [0.1, 0.15) is 18.1 Å². The number of benzene rings is 2. The van der Waals surface area contributed by atoms with Gasteiger partial charge in [-0.3, -0.25) is 0 Å². The number of nitrogens with two attached hydrogens (primary N) is 1. The Labute approximate surface area is 114 Å². The van der Waals surface area contributed by atoms with E-state index in [2.05, 4.69) is 32.0 Å². The molecular formula is C16H19NO2. The molecule has 2 aromatic carbocycles. The average Bonchev–Trinajstić information content (AvgIpc) is 2.35. The van der Waals surface area contributed by atoms with Crippen molar-refractivity contribution in [2.24, 2.45) is 0 Å². The molecule has 3 heteroatoms. The summed E-state index contributed by atoms with van der Waals surface area (Å²) in [7, 11) is 1.60. The van der Waals surface area contributed by atoms with Crippen LogP contribution in [0.1, 0.15) is 16.7 Å². The van der Waals surface area contributed by atoms with Crippen molar-refractivity contribution in [1.82, 2.24) is 0 Å². The van der Waals surface area contributed by atoms with Crippen molar-refractivity contribution < 1.29 is 9.47 Å². The van der Waals surface area contributed by atoms with Crippen molar-refractivity contribution in [3.8, 4) is 11.5 Å². The molecule has 2 N–H and O–H groups in total. The lowest BCUT2D eigenvalue weighted by Gasteiger charge is -2.10. The van der Waals surface area contributed by atoms with Crippen LogP contribution in [0.5, 0.6) is 11.5 Å². The van der Waals surface area contributed by atoms with Gasteiger partial charge in [-0.1, -0.05) is 29.3 Å². The fourth-order valence-corrected chi connectivity index (χ4v) is 2.12. The van der Waals surface area contributed by atoms with E-state index in [1.165, 1.54) is 11.1 Å². The van der Waals surface area contributed by atoms with Crippen LogP contribution in [0.3, 0.4) is 0 Å². The Balaban J connectivity index is 2.08. The molecule has 0 heterocycles. The summed E-state index contributed by atoms with van der Waals surface area (Å²) in [6.07, 6.45) is 0. The van der Waals surface area contributed by atoms with Crippen molar-refractivity contribution in [2.45, 2.75) is 20.5 Å². The molecule has 0 aromatic heterocycles. The first-order valence-corrected chi connectivity index (χ1v) is 6.22. The number of hydrogen-bond acceptors (Lipinski definition) is 3. The van der Waals surface area contributed by atoms with Crippen LogP contribution in [-0.4, -0.2) is 7.11 Å². The minimum atomic E-state index is 0.536. The minimum Gasteiger partial charge on any atom is -0.495 e. The van der Waals surface area contributed by atoms with E-state index >= 15 is 0 Å². The molecule has 0 aliphatic rings. The van der Waals surface area contributed by atoms with Crippen molar-refractivity contribution in [3.05, 3.63) is 53.1 Å². The molecule has 2 aromatic rings. The zero-order valence-electron chi connectivity index (χ0n) is 11.6. The van der Waals surface area contributed by atoms with Crippen LogP contribution >= 0.6 is 0 Å². The third-order valence-electron chi connectivity index (χ3n) is 2.89. The number of ether oxygens (including phenoxy) is 2. The molecule has 0 bridgehead atoms. The van der Waals surface area contributed by atoms with E-state index in [0.29, 0.717) is 18.0 Å². The van der Waals surface area contributed by atoms with E-state index in [0.717, 1.165) is 11.3 Å². The van der Waals surface area contributed by atoms with E-state index < -0.39 is 0 Å². The number of anilines is 1. The van der Waals surface area contributed by atoms with Gasteiger partial charge < -0.3 is 15.2 Å². The van der Waals surface area contributed by atoms with Crippen LogP contribution in [0.4, 0.5) is 5.69 Å². The lowest BCUT2D eigenvalue weighted by atomic mass is 10.1. The summed E-state index contributed by atoms with van der Waals surface area (Å²) < 4.78 is 10.9.